The SMILES string of the molecule is Cc1cc(C)c(C(Cl)Cc2ncc[nH]2)c(C)c1. The molecule has 0 radical (unpaired) electrons. The average Bonchev–Trinajstić information content (AvgIpc) is 2.68. The van der Waals surface area contributed by atoms with Crippen molar-refractivity contribution in [3.63, 3.8) is 0 Å². The van der Waals surface area contributed by atoms with E-state index in [1.165, 1.54) is 22.3 Å². The Bertz CT molecular complexity index is 480. The van der Waals surface area contributed by atoms with Gasteiger partial charge < -0.3 is 4.98 Å². The summed E-state index contributed by atoms with van der Waals surface area (Å²) in [7, 11) is 0. The van der Waals surface area contributed by atoms with E-state index in [2.05, 4.69) is 42.9 Å². The molecule has 0 aliphatic rings. The molecule has 1 N–H and O–H groups in total. The first kappa shape index (κ1) is 12.2. The van der Waals surface area contributed by atoms with E-state index in [9.17, 15) is 0 Å². The number of halogens is 1. The van der Waals surface area contributed by atoms with Crippen molar-refractivity contribution in [3.8, 4) is 0 Å². The van der Waals surface area contributed by atoms with Crippen LogP contribution in [0.3, 0.4) is 0 Å². The van der Waals surface area contributed by atoms with E-state index >= 15 is 0 Å². The number of nitrogens with one attached hydrogen (secondary N) is 1. The smallest absolute Gasteiger partial charge is 0.107 e. The van der Waals surface area contributed by atoms with Crippen LogP contribution in [0.2, 0.25) is 0 Å². The number of aryl methyl sites for hydroxylation is 3. The summed E-state index contributed by atoms with van der Waals surface area (Å²) in [5, 5.41) is -0.0262. The van der Waals surface area contributed by atoms with Crippen molar-refractivity contribution in [3.05, 3.63) is 52.6 Å². The van der Waals surface area contributed by atoms with Crippen molar-refractivity contribution in [1.29, 1.82) is 0 Å². The van der Waals surface area contributed by atoms with Crippen LogP contribution in [-0.2, 0) is 6.42 Å². The molecule has 0 aliphatic carbocycles. The van der Waals surface area contributed by atoms with Crippen molar-refractivity contribution < 1.29 is 0 Å². The largest absolute Gasteiger partial charge is 0.349 e. The Kier molecular flexibility index (Phi) is 3.53. The minimum atomic E-state index is -0.0262. The summed E-state index contributed by atoms with van der Waals surface area (Å²) in [5.41, 5.74) is 5.03. The molecule has 0 spiro atoms. The van der Waals surface area contributed by atoms with Crippen LogP contribution in [0.15, 0.2) is 24.5 Å². The van der Waals surface area contributed by atoms with E-state index in [4.69, 9.17) is 11.6 Å². The first-order chi connectivity index (χ1) is 8.08. The minimum Gasteiger partial charge on any atom is -0.349 e. The quantitative estimate of drug-likeness (QED) is 0.821. The van der Waals surface area contributed by atoms with Crippen LogP contribution < -0.4 is 0 Å². The topological polar surface area (TPSA) is 28.7 Å². The molecule has 0 fully saturated rings. The summed E-state index contributed by atoms with van der Waals surface area (Å²) in [5.74, 6) is 0.935. The van der Waals surface area contributed by atoms with Crippen molar-refractivity contribution in [2.24, 2.45) is 0 Å². The van der Waals surface area contributed by atoms with Gasteiger partial charge in [-0.05, 0) is 37.5 Å². The molecule has 1 aromatic heterocycles. The van der Waals surface area contributed by atoms with E-state index in [0.29, 0.717) is 0 Å². The van der Waals surface area contributed by atoms with Crippen LogP contribution in [0.25, 0.3) is 0 Å². The van der Waals surface area contributed by atoms with Crippen LogP contribution in [0.4, 0.5) is 0 Å². The van der Waals surface area contributed by atoms with Gasteiger partial charge in [0.15, 0.2) is 0 Å². The maximum Gasteiger partial charge on any atom is 0.107 e. The highest BCUT2D eigenvalue weighted by Gasteiger charge is 2.15. The number of alkyl halides is 1. The second-order valence-electron chi connectivity index (χ2n) is 4.52. The molecule has 2 rings (SSSR count). The molecule has 1 heterocycles. The lowest BCUT2D eigenvalue weighted by Crippen LogP contribution is -2.03. The number of hydrogen-bond donors (Lipinski definition) is 1. The maximum absolute atomic E-state index is 6.50. The van der Waals surface area contributed by atoms with Crippen LogP contribution in [0, 0.1) is 20.8 Å². The van der Waals surface area contributed by atoms with Crippen molar-refractivity contribution >= 4 is 11.6 Å². The third-order valence-corrected chi connectivity index (χ3v) is 3.35. The molecule has 1 aromatic carbocycles. The van der Waals surface area contributed by atoms with Gasteiger partial charge in [-0.2, -0.15) is 0 Å². The van der Waals surface area contributed by atoms with Gasteiger partial charge in [0, 0.05) is 18.8 Å². The Morgan fingerprint density at radius 1 is 1.24 bits per heavy atom. The van der Waals surface area contributed by atoms with E-state index in [-0.39, 0.29) is 5.38 Å². The van der Waals surface area contributed by atoms with Crippen molar-refractivity contribution in [1.82, 2.24) is 9.97 Å². The maximum atomic E-state index is 6.50. The molecule has 3 heteroatoms. The van der Waals surface area contributed by atoms with Crippen LogP contribution in [0.1, 0.15) is 33.5 Å². The monoisotopic (exact) mass is 248 g/mol. The van der Waals surface area contributed by atoms with E-state index in [0.717, 1.165) is 12.2 Å². The summed E-state index contributed by atoms with van der Waals surface area (Å²) < 4.78 is 0. The summed E-state index contributed by atoms with van der Waals surface area (Å²) in [6.07, 6.45) is 4.32. The average molecular weight is 249 g/mol. The lowest BCUT2D eigenvalue weighted by atomic mass is 9.96. The Morgan fingerprint density at radius 2 is 1.88 bits per heavy atom. The predicted molar refractivity (Wildman–Crippen MR) is 71.5 cm³/mol. The number of aromatic nitrogens is 2. The normalized spacial score (nSPS) is 12.7. The van der Waals surface area contributed by atoms with Gasteiger partial charge >= 0.3 is 0 Å². The second kappa shape index (κ2) is 4.92. The zero-order valence-electron chi connectivity index (χ0n) is 10.4. The fourth-order valence-corrected chi connectivity index (χ4v) is 2.86. The summed E-state index contributed by atoms with van der Waals surface area (Å²) >= 11 is 6.50. The number of benzene rings is 1. The molecule has 0 saturated heterocycles. The van der Waals surface area contributed by atoms with Gasteiger partial charge in [-0.3, -0.25) is 0 Å². The molecule has 1 atom stereocenters. The minimum absolute atomic E-state index is 0.0262. The summed E-state index contributed by atoms with van der Waals surface area (Å²) in [6.45, 7) is 6.35. The molecule has 90 valence electrons. The summed E-state index contributed by atoms with van der Waals surface area (Å²) in [6, 6.07) is 4.36. The van der Waals surface area contributed by atoms with Gasteiger partial charge in [-0.15, -0.1) is 11.6 Å². The van der Waals surface area contributed by atoms with Crippen molar-refractivity contribution in [2.75, 3.05) is 0 Å². The highest BCUT2D eigenvalue weighted by Crippen LogP contribution is 2.30. The van der Waals surface area contributed by atoms with Gasteiger partial charge in [0.1, 0.15) is 5.82 Å². The first-order valence-corrected chi connectivity index (χ1v) is 6.21. The molecule has 0 amide bonds. The fraction of sp³-hybridized carbons (Fsp3) is 0.357. The number of H-pyrrole nitrogens is 1. The molecule has 0 bridgehead atoms. The van der Waals surface area contributed by atoms with Gasteiger partial charge in [-0.25, -0.2) is 4.98 Å². The molecule has 1 unspecified atom stereocenters. The molecule has 0 saturated carbocycles. The number of aromatic amines is 1. The van der Waals surface area contributed by atoms with E-state index < -0.39 is 0 Å². The molecule has 0 aliphatic heterocycles. The summed E-state index contributed by atoms with van der Waals surface area (Å²) in [4.78, 5) is 7.31. The highest BCUT2D eigenvalue weighted by atomic mass is 35.5. The molecular weight excluding hydrogens is 232 g/mol. The van der Waals surface area contributed by atoms with Gasteiger partial charge in [0.2, 0.25) is 0 Å². The highest BCUT2D eigenvalue weighted by molar-refractivity contribution is 6.21. The Balaban J connectivity index is 2.27. The first-order valence-electron chi connectivity index (χ1n) is 5.78. The lowest BCUT2D eigenvalue weighted by molar-refractivity contribution is 0.842. The van der Waals surface area contributed by atoms with Crippen LogP contribution in [-0.4, -0.2) is 9.97 Å². The lowest BCUT2D eigenvalue weighted by Gasteiger charge is -2.15. The number of nitrogens with zero attached hydrogens (tertiary/aromatic N) is 1. The van der Waals surface area contributed by atoms with E-state index in [1.54, 1.807) is 6.20 Å². The number of rotatable bonds is 3. The Morgan fingerprint density at radius 3 is 2.41 bits per heavy atom. The molecule has 17 heavy (non-hydrogen) atoms. The standard InChI is InChI=1S/C14H17ClN2/c1-9-6-10(2)14(11(3)7-9)12(15)8-13-16-4-5-17-13/h4-7,12H,8H2,1-3H3,(H,16,17). The van der Waals surface area contributed by atoms with Crippen LogP contribution >= 0.6 is 11.6 Å². The molecule has 2 nitrogen and oxygen atoms in total. The molecule has 2 aromatic rings. The number of imidazole rings is 1. The number of hydrogen-bond acceptors (Lipinski definition) is 1. The Labute approximate surface area is 107 Å². The second-order valence-corrected chi connectivity index (χ2v) is 5.05. The van der Waals surface area contributed by atoms with E-state index in [1.807, 2.05) is 6.20 Å². The third-order valence-electron chi connectivity index (χ3n) is 2.98. The zero-order chi connectivity index (χ0) is 12.4. The van der Waals surface area contributed by atoms with Crippen LogP contribution in [0.5, 0.6) is 0 Å². The third kappa shape index (κ3) is 2.70. The van der Waals surface area contributed by atoms with Gasteiger partial charge in [-0.1, -0.05) is 17.7 Å². The molecular formula is C14H17ClN2. The zero-order valence-corrected chi connectivity index (χ0v) is 11.2. The Hall–Kier alpha value is -1.28. The van der Waals surface area contributed by atoms with Gasteiger partial charge in [0.25, 0.3) is 0 Å². The van der Waals surface area contributed by atoms with Gasteiger partial charge in [0.05, 0.1) is 5.38 Å². The fourth-order valence-electron chi connectivity index (χ4n) is 2.37. The predicted octanol–water partition coefficient (Wildman–Crippen LogP) is 3.86. The van der Waals surface area contributed by atoms with Crippen molar-refractivity contribution in [2.45, 2.75) is 32.6 Å².